The summed E-state index contributed by atoms with van der Waals surface area (Å²) in [5.41, 5.74) is 0.604. The topological polar surface area (TPSA) is 58.2 Å². The molecular weight excluding hydrogens is 239 g/mol. The monoisotopic (exact) mass is 244 g/mol. The van der Waals surface area contributed by atoms with Crippen LogP contribution in [0, 0.1) is 0 Å². The molecule has 0 spiro atoms. The fourth-order valence-corrected chi connectivity index (χ4v) is 1.65. The van der Waals surface area contributed by atoms with Gasteiger partial charge in [0.2, 0.25) is 0 Å². The van der Waals surface area contributed by atoms with Gasteiger partial charge in [0.1, 0.15) is 6.04 Å². The Kier molecular flexibility index (Phi) is 2.54. The molecule has 0 aromatic heterocycles. The maximum atomic E-state index is 11.3. The Morgan fingerprint density at radius 3 is 2.40 bits per heavy atom. The van der Waals surface area contributed by atoms with Crippen molar-refractivity contribution in [1.82, 2.24) is 10.6 Å². The van der Waals surface area contributed by atoms with Crippen LogP contribution < -0.4 is 10.6 Å². The molecule has 1 aromatic rings. The van der Waals surface area contributed by atoms with Crippen LogP contribution >= 0.6 is 23.2 Å². The molecule has 1 unspecified atom stereocenters. The molecule has 0 radical (unpaired) electrons. The van der Waals surface area contributed by atoms with Crippen molar-refractivity contribution in [3.05, 3.63) is 33.8 Å². The Morgan fingerprint density at radius 1 is 1.13 bits per heavy atom. The van der Waals surface area contributed by atoms with Crippen LogP contribution in [-0.2, 0) is 4.79 Å². The van der Waals surface area contributed by atoms with E-state index in [9.17, 15) is 9.59 Å². The van der Waals surface area contributed by atoms with E-state index in [2.05, 4.69) is 10.6 Å². The summed E-state index contributed by atoms with van der Waals surface area (Å²) in [6, 6.07) is 3.59. The minimum absolute atomic E-state index is 0.350. The highest BCUT2D eigenvalue weighted by molar-refractivity contribution is 6.42. The van der Waals surface area contributed by atoms with Crippen molar-refractivity contribution in [2.24, 2.45) is 0 Å². The molecule has 6 heteroatoms. The number of carbonyl (C=O) groups excluding carboxylic acids is 2. The van der Waals surface area contributed by atoms with Gasteiger partial charge in [0.05, 0.1) is 10.0 Å². The number of halogens is 2. The standard InChI is InChI=1S/C9H6Cl2N2O2/c10-5-2-1-4(3-6(5)11)7-8(14)13-9(15)12-7/h1-3,7H,(H2,12,13,14,15). The number of rotatable bonds is 1. The van der Waals surface area contributed by atoms with Crippen molar-refractivity contribution in [3.8, 4) is 0 Å². The lowest BCUT2D eigenvalue weighted by Crippen LogP contribution is -2.22. The first kappa shape index (κ1) is 10.3. The van der Waals surface area contributed by atoms with E-state index < -0.39 is 18.0 Å². The van der Waals surface area contributed by atoms with Crippen molar-refractivity contribution < 1.29 is 9.59 Å². The average Bonchev–Trinajstić information content (AvgIpc) is 2.50. The van der Waals surface area contributed by atoms with Crippen molar-refractivity contribution in [3.63, 3.8) is 0 Å². The second-order valence-electron chi connectivity index (χ2n) is 3.07. The van der Waals surface area contributed by atoms with Gasteiger partial charge in [-0.15, -0.1) is 0 Å². The molecule has 15 heavy (non-hydrogen) atoms. The second kappa shape index (κ2) is 3.72. The number of hydrogen-bond acceptors (Lipinski definition) is 2. The molecule has 78 valence electrons. The summed E-state index contributed by atoms with van der Waals surface area (Å²) >= 11 is 11.5. The molecule has 1 aromatic carbocycles. The third-order valence-electron chi connectivity index (χ3n) is 2.05. The first-order valence-corrected chi connectivity index (χ1v) is 4.90. The molecule has 1 aliphatic heterocycles. The summed E-state index contributed by atoms with van der Waals surface area (Å²) in [5.74, 6) is -0.390. The first-order chi connectivity index (χ1) is 7.08. The van der Waals surface area contributed by atoms with Crippen LogP contribution in [0.4, 0.5) is 4.79 Å². The molecule has 0 bridgehead atoms. The minimum Gasteiger partial charge on any atom is -0.322 e. The van der Waals surface area contributed by atoms with Gasteiger partial charge < -0.3 is 5.32 Å². The minimum atomic E-state index is -0.688. The summed E-state index contributed by atoms with van der Waals surface area (Å²) in [6.45, 7) is 0. The summed E-state index contributed by atoms with van der Waals surface area (Å²) in [5, 5.41) is 5.36. The molecule has 0 saturated carbocycles. The van der Waals surface area contributed by atoms with E-state index in [4.69, 9.17) is 23.2 Å². The summed E-state index contributed by atoms with van der Waals surface area (Å²) in [4.78, 5) is 22.2. The fourth-order valence-electron chi connectivity index (χ4n) is 1.34. The Hall–Kier alpha value is -1.26. The third kappa shape index (κ3) is 1.91. The number of benzene rings is 1. The van der Waals surface area contributed by atoms with E-state index in [0.29, 0.717) is 15.6 Å². The van der Waals surface area contributed by atoms with E-state index in [1.165, 1.54) is 0 Å². The largest absolute Gasteiger partial charge is 0.322 e. The molecule has 1 atom stereocenters. The lowest BCUT2D eigenvalue weighted by Gasteiger charge is -2.08. The van der Waals surface area contributed by atoms with Crippen LogP contribution in [0.15, 0.2) is 18.2 Å². The van der Waals surface area contributed by atoms with Crippen molar-refractivity contribution in [2.45, 2.75) is 6.04 Å². The Labute approximate surface area is 95.5 Å². The predicted molar refractivity (Wildman–Crippen MR) is 55.9 cm³/mol. The molecule has 0 aliphatic carbocycles. The number of carbonyl (C=O) groups is 2. The van der Waals surface area contributed by atoms with Crippen molar-refractivity contribution >= 4 is 35.1 Å². The molecule has 2 N–H and O–H groups in total. The zero-order valence-electron chi connectivity index (χ0n) is 7.38. The second-order valence-corrected chi connectivity index (χ2v) is 3.88. The third-order valence-corrected chi connectivity index (χ3v) is 2.79. The number of hydrogen-bond donors (Lipinski definition) is 2. The quantitative estimate of drug-likeness (QED) is 0.742. The van der Waals surface area contributed by atoms with Crippen LogP contribution in [-0.4, -0.2) is 11.9 Å². The van der Waals surface area contributed by atoms with E-state index in [1.807, 2.05) is 0 Å². The Balaban J connectivity index is 2.34. The van der Waals surface area contributed by atoms with Crippen molar-refractivity contribution in [2.75, 3.05) is 0 Å². The van der Waals surface area contributed by atoms with Crippen LogP contribution in [0.2, 0.25) is 10.0 Å². The van der Waals surface area contributed by atoms with Crippen molar-refractivity contribution in [1.29, 1.82) is 0 Å². The Morgan fingerprint density at radius 2 is 1.87 bits per heavy atom. The van der Waals surface area contributed by atoms with Gasteiger partial charge in [-0.25, -0.2) is 4.79 Å². The SMILES string of the molecule is O=C1NC(=O)C(c2ccc(Cl)c(Cl)c2)N1. The maximum Gasteiger partial charge on any atom is 0.322 e. The van der Waals surface area contributed by atoms with Gasteiger partial charge in [-0.1, -0.05) is 29.3 Å². The van der Waals surface area contributed by atoms with Gasteiger partial charge in [0.25, 0.3) is 5.91 Å². The average molecular weight is 245 g/mol. The lowest BCUT2D eigenvalue weighted by atomic mass is 10.1. The number of urea groups is 1. The summed E-state index contributed by atoms with van der Waals surface area (Å²) < 4.78 is 0. The fraction of sp³-hybridized carbons (Fsp3) is 0.111. The van der Waals surface area contributed by atoms with E-state index in [-0.39, 0.29) is 0 Å². The molecule has 1 heterocycles. The predicted octanol–water partition coefficient (Wildman–Crippen LogP) is 1.87. The number of imide groups is 1. The highest BCUT2D eigenvalue weighted by Gasteiger charge is 2.30. The number of amides is 3. The van der Waals surface area contributed by atoms with E-state index >= 15 is 0 Å². The normalized spacial score (nSPS) is 20.0. The van der Waals surface area contributed by atoms with Gasteiger partial charge in [0.15, 0.2) is 0 Å². The molecule has 1 fully saturated rings. The highest BCUT2D eigenvalue weighted by atomic mass is 35.5. The smallest absolute Gasteiger partial charge is 0.322 e. The highest BCUT2D eigenvalue weighted by Crippen LogP contribution is 2.26. The molecule has 1 aliphatic rings. The van der Waals surface area contributed by atoms with E-state index in [0.717, 1.165) is 0 Å². The van der Waals surface area contributed by atoms with Gasteiger partial charge in [-0.2, -0.15) is 0 Å². The number of nitrogens with one attached hydrogen (secondary N) is 2. The van der Waals surface area contributed by atoms with Gasteiger partial charge in [-0.3, -0.25) is 10.1 Å². The maximum absolute atomic E-state index is 11.3. The Bertz CT molecular complexity index is 448. The summed E-state index contributed by atoms with van der Waals surface area (Å²) in [6.07, 6.45) is 0. The lowest BCUT2D eigenvalue weighted by molar-refractivity contribution is -0.120. The zero-order valence-corrected chi connectivity index (χ0v) is 8.89. The molecule has 3 amide bonds. The summed E-state index contributed by atoms with van der Waals surface area (Å²) in [7, 11) is 0. The molecule has 1 saturated heterocycles. The van der Waals surface area contributed by atoms with Crippen LogP contribution in [0.25, 0.3) is 0 Å². The van der Waals surface area contributed by atoms with Gasteiger partial charge in [-0.05, 0) is 17.7 Å². The van der Waals surface area contributed by atoms with Crippen LogP contribution in [0.5, 0.6) is 0 Å². The van der Waals surface area contributed by atoms with Crippen LogP contribution in [0.3, 0.4) is 0 Å². The zero-order chi connectivity index (χ0) is 11.0. The van der Waals surface area contributed by atoms with Gasteiger partial charge in [0, 0.05) is 0 Å². The molecule has 2 rings (SSSR count). The first-order valence-electron chi connectivity index (χ1n) is 4.14. The molecular formula is C9H6Cl2N2O2. The van der Waals surface area contributed by atoms with Crippen LogP contribution in [0.1, 0.15) is 11.6 Å². The molecule has 4 nitrogen and oxygen atoms in total. The van der Waals surface area contributed by atoms with E-state index in [1.54, 1.807) is 18.2 Å². The van der Waals surface area contributed by atoms with Gasteiger partial charge >= 0.3 is 6.03 Å².